The Morgan fingerprint density at radius 3 is 2.85 bits per heavy atom. The fraction of sp³-hybridized carbons (Fsp3) is 0.353. The Morgan fingerprint density at radius 1 is 1.30 bits per heavy atom. The van der Waals surface area contributed by atoms with Gasteiger partial charge in [0.05, 0.1) is 27.9 Å². The molecule has 1 saturated carbocycles. The SMILES string of the molecule is Nc1nc(Cl)c(-c2nc3ccc(F)cc3s2)c(N[C@@H]2C[C@H](CO)C[C@H]2O)n1. The largest absolute Gasteiger partial charge is 0.396 e. The first-order chi connectivity index (χ1) is 12.9. The second kappa shape index (κ2) is 7.16. The maximum Gasteiger partial charge on any atom is 0.223 e. The molecule has 1 aliphatic carbocycles. The minimum absolute atomic E-state index is 0.00963. The topological polar surface area (TPSA) is 117 Å². The van der Waals surface area contributed by atoms with Crippen molar-refractivity contribution in [2.45, 2.75) is 25.0 Å². The van der Waals surface area contributed by atoms with Crippen molar-refractivity contribution in [3.63, 3.8) is 0 Å². The highest BCUT2D eigenvalue weighted by molar-refractivity contribution is 7.21. The minimum atomic E-state index is -0.630. The molecule has 142 valence electrons. The zero-order valence-corrected chi connectivity index (χ0v) is 15.6. The van der Waals surface area contributed by atoms with Crippen LogP contribution in [0.3, 0.4) is 0 Å². The van der Waals surface area contributed by atoms with E-state index in [4.69, 9.17) is 17.3 Å². The molecule has 5 N–H and O–H groups in total. The lowest BCUT2D eigenvalue weighted by molar-refractivity contribution is 0.157. The second-order valence-corrected chi connectivity index (χ2v) is 7.95. The summed E-state index contributed by atoms with van der Waals surface area (Å²) in [6.07, 6.45) is 0.455. The highest BCUT2D eigenvalue weighted by atomic mass is 35.5. The number of nitrogens with one attached hydrogen (secondary N) is 1. The Morgan fingerprint density at radius 2 is 2.11 bits per heavy atom. The van der Waals surface area contributed by atoms with Gasteiger partial charge in [-0.05, 0) is 37.0 Å². The number of aromatic nitrogens is 3. The summed E-state index contributed by atoms with van der Waals surface area (Å²) in [7, 11) is 0. The Labute approximate surface area is 163 Å². The van der Waals surface area contributed by atoms with Gasteiger partial charge in [0.1, 0.15) is 21.8 Å². The Kier molecular flexibility index (Phi) is 4.85. The lowest BCUT2D eigenvalue weighted by atomic mass is 10.1. The van der Waals surface area contributed by atoms with Crippen LogP contribution in [0.5, 0.6) is 0 Å². The molecule has 1 aliphatic rings. The third kappa shape index (κ3) is 3.55. The van der Waals surface area contributed by atoms with E-state index in [0.717, 1.165) is 0 Å². The van der Waals surface area contributed by atoms with Crippen LogP contribution >= 0.6 is 22.9 Å². The standard InChI is InChI=1S/C17H17ClFN5O2S/c18-14-13(16-22-9-2-1-8(19)5-12(9)27-16)15(24-17(20)23-14)21-10-3-7(6-25)4-11(10)26/h1-2,5,7,10-11,25-26H,3-4,6H2,(H3,20,21,23,24)/t7-,10+,11+/m0/s1. The van der Waals surface area contributed by atoms with E-state index in [0.29, 0.717) is 39.4 Å². The number of fused-ring (bicyclic) bond motifs is 1. The highest BCUT2D eigenvalue weighted by Crippen LogP contribution is 2.39. The van der Waals surface area contributed by atoms with Crippen LogP contribution in [0.1, 0.15) is 12.8 Å². The number of hydrogen-bond donors (Lipinski definition) is 4. The Hall–Kier alpha value is -2.07. The van der Waals surface area contributed by atoms with Crippen LogP contribution in [0.25, 0.3) is 20.8 Å². The van der Waals surface area contributed by atoms with Gasteiger partial charge in [-0.1, -0.05) is 11.6 Å². The molecule has 0 spiro atoms. The lowest BCUT2D eigenvalue weighted by Gasteiger charge is -2.19. The van der Waals surface area contributed by atoms with Crippen LogP contribution in [0.4, 0.5) is 16.2 Å². The third-order valence-corrected chi connectivity index (χ3v) is 5.96. The van der Waals surface area contributed by atoms with Crippen molar-refractivity contribution in [3.8, 4) is 10.6 Å². The molecule has 3 atom stereocenters. The number of nitrogens with zero attached hydrogens (tertiary/aromatic N) is 3. The summed E-state index contributed by atoms with van der Waals surface area (Å²) in [5.74, 6) is 0.0140. The molecule has 1 aromatic carbocycles. The number of hydrogen-bond acceptors (Lipinski definition) is 8. The normalized spacial score (nSPS) is 22.4. The number of aliphatic hydroxyl groups is 2. The monoisotopic (exact) mass is 409 g/mol. The number of rotatable bonds is 4. The molecule has 1 fully saturated rings. The molecule has 4 rings (SSSR count). The van der Waals surface area contributed by atoms with Crippen molar-refractivity contribution in [2.24, 2.45) is 5.92 Å². The van der Waals surface area contributed by atoms with E-state index in [2.05, 4.69) is 20.3 Å². The van der Waals surface area contributed by atoms with Gasteiger partial charge in [-0.3, -0.25) is 0 Å². The van der Waals surface area contributed by atoms with Crippen molar-refractivity contribution in [2.75, 3.05) is 17.7 Å². The first-order valence-corrected chi connectivity index (χ1v) is 9.59. The second-order valence-electron chi connectivity index (χ2n) is 6.57. The molecule has 0 amide bonds. The van der Waals surface area contributed by atoms with Crippen molar-refractivity contribution in [1.29, 1.82) is 0 Å². The summed E-state index contributed by atoms with van der Waals surface area (Å²) < 4.78 is 14.2. The van der Waals surface area contributed by atoms with Crippen LogP contribution in [-0.2, 0) is 0 Å². The molecule has 0 bridgehead atoms. The van der Waals surface area contributed by atoms with Gasteiger partial charge in [0.25, 0.3) is 0 Å². The van der Waals surface area contributed by atoms with Crippen LogP contribution in [0.2, 0.25) is 5.15 Å². The predicted octanol–water partition coefficient (Wildman–Crippen LogP) is 2.67. The van der Waals surface area contributed by atoms with Gasteiger partial charge in [-0.25, -0.2) is 14.4 Å². The molecule has 10 heteroatoms. The fourth-order valence-corrected chi connectivity index (χ4v) is 4.71. The highest BCUT2D eigenvalue weighted by Gasteiger charge is 2.33. The van der Waals surface area contributed by atoms with Crippen LogP contribution in [-0.4, -0.2) is 43.9 Å². The smallest absolute Gasteiger partial charge is 0.223 e. The summed E-state index contributed by atoms with van der Waals surface area (Å²) in [4.78, 5) is 12.7. The van der Waals surface area contributed by atoms with E-state index in [1.165, 1.54) is 23.5 Å². The summed E-state index contributed by atoms with van der Waals surface area (Å²) in [5.41, 5.74) is 6.83. The molecule has 0 unspecified atom stereocenters. The fourth-order valence-electron chi connectivity index (χ4n) is 3.35. The van der Waals surface area contributed by atoms with Gasteiger partial charge in [0.15, 0.2) is 0 Å². The third-order valence-electron chi connectivity index (χ3n) is 4.65. The molecule has 0 radical (unpaired) electrons. The molecule has 2 aromatic heterocycles. The van der Waals surface area contributed by atoms with Gasteiger partial charge in [-0.15, -0.1) is 11.3 Å². The molecule has 3 aromatic rings. The van der Waals surface area contributed by atoms with E-state index < -0.39 is 6.10 Å². The lowest BCUT2D eigenvalue weighted by Crippen LogP contribution is -2.29. The zero-order valence-electron chi connectivity index (χ0n) is 14.1. The average molecular weight is 410 g/mol. The zero-order chi connectivity index (χ0) is 19.1. The number of benzene rings is 1. The quantitative estimate of drug-likeness (QED) is 0.489. The molecule has 2 heterocycles. The van der Waals surface area contributed by atoms with E-state index in [9.17, 15) is 14.6 Å². The van der Waals surface area contributed by atoms with E-state index in [1.807, 2.05) is 0 Å². The van der Waals surface area contributed by atoms with E-state index >= 15 is 0 Å². The summed E-state index contributed by atoms with van der Waals surface area (Å²) in [6.45, 7) is 0.0121. The summed E-state index contributed by atoms with van der Waals surface area (Å²) >= 11 is 7.59. The number of nitrogens with two attached hydrogens (primary N) is 1. The molecule has 0 saturated heterocycles. The summed E-state index contributed by atoms with van der Waals surface area (Å²) in [5, 5.41) is 23.4. The number of aliphatic hydroxyl groups excluding tert-OH is 2. The predicted molar refractivity (Wildman–Crippen MR) is 103 cm³/mol. The molecule has 0 aliphatic heterocycles. The summed E-state index contributed by atoms with van der Waals surface area (Å²) in [6, 6.07) is 4.03. The van der Waals surface area contributed by atoms with Gasteiger partial charge < -0.3 is 21.3 Å². The number of nitrogen functional groups attached to an aromatic ring is 1. The molecule has 27 heavy (non-hydrogen) atoms. The first kappa shape index (κ1) is 18.3. The molecule has 7 nitrogen and oxygen atoms in total. The minimum Gasteiger partial charge on any atom is -0.396 e. The average Bonchev–Trinajstić information content (AvgIpc) is 3.17. The molecular weight excluding hydrogens is 393 g/mol. The Balaban J connectivity index is 1.75. The molecular formula is C17H17ClFN5O2S. The number of thiazole rings is 1. The van der Waals surface area contributed by atoms with Crippen LogP contribution in [0, 0.1) is 11.7 Å². The maximum atomic E-state index is 13.5. The van der Waals surface area contributed by atoms with E-state index in [-0.39, 0.29) is 35.5 Å². The number of halogens is 2. The van der Waals surface area contributed by atoms with Crippen molar-refractivity contribution >= 4 is 44.9 Å². The van der Waals surface area contributed by atoms with Crippen molar-refractivity contribution < 1.29 is 14.6 Å². The Bertz CT molecular complexity index is 1000. The van der Waals surface area contributed by atoms with Gasteiger partial charge in [-0.2, -0.15) is 4.98 Å². The van der Waals surface area contributed by atoms with Gasteiger partial charge in [0, 0.05) is 6.61 Å². The van der Waals surface area contributed by atoms with Gasteiger partial charge in [0.2, 0.25) is 5.95 Å². The van der Waals surface area contributed by atoms with E-state index in [1.54, 1.807) is 6.07 Å². The maximum absolute atomic E-state index is 13.5. The van der Waals surface area contributed by atoms with Crippen molar-refractivity contribution in [3.05, 3.63) is 29.2 Å². The van der Waals surface area contributed by atoms with Crippen molar-refractivity contribution in [1.82, 2.24) is 15.0 Å². The van der Waals surface area contributed by atoms with Crippen LogP contribution in [0.15, 0.2) is 18.2 Å². The van der Waals surface area contributed by atoms with Crippen LogP contribution < -0.4 is 11.1 Å². The van der Waals surface area contributed by atoms with Gasteiger partial charge >= 0.3 is 0 Å². The first-order valence-electron chi connectivity index (χ1n) is 8.39. The number of anilines is 2.